The van der Waals surface area contributed by atoms with Gasteiger partial charge in [-0.3, -0.25) is 10.1 Å². The van der Waals surface area contributed by atoms with Gasteiger partial charge in [-0.25, -0.2) is 0 Å². The second-order valence-corrected chi connectivity index (χ2v) is 5.39. The first kappa shape index (κ1) is 20.9. The highest BCUT2D eigenvalue weighted by molar-refractivity contribution is 7.80. The van der Waals surface area contributed by atoms with Crippen LogP contribution < -0.4 is 10.5 Å². The molecule has 0 atom stereocenters. The molecule has 0 aliphatic heterocycles. The third kappa shape index (κ3) is 4.94. The van der Waals surface area contributed by atoms with Gasteiger partial charge in [0, 0.05) is 6.07 Å². The van der Waals surface area contributed by atoms with E-state index in [1.807, 2.05) is 0 Å². The third-order valence-corrected chi connectivity index (χ3v) is 3.43. The van der Waals surface area contributed by atoms with Gasteiger partial charge in [0.05, 0.1) is 21.1 Å². The SMILES string of the molecule is Cl.NC(=S)c1cc(Oc2ccc(C(F)(F)F)cc2Cl)ccc1[N+](=O)[O-]. The van der Waals surface area contributed by atoms with Crippen LogP contribution in [-0.4, -0.2) is 9.91 Å². The van der Waals surface area contributed by atoms with Gasteiger partial charge in [-0.2, -0.15) is 13.2 Å². The van der Waals surface area contributed by atoms with Crippen LogP contribution in [0.15, 0.2) is 36.4 Å². The highest BCUT2D eigenvalue weighted by Crippen LogP contribution is 2.37. The molecule has 25 heavy (non-hydrogen) atoms. The number of nitro groups is 1. The molecule has 0 bridgehead atoms. The van der Waals surface area contributed by atoms with E-state index in [-0.39, 0.29) is 45.2 Å². The zero-order valence-corrected chi connectivity index (χ0v) is 14.4. The quantitative estimate of drug-likeness (QED) is 0.428. The maximum absolute atomic E-state index is 12.6. The van der Waals surface area contributed by atoms with Crippen molar-refractivity contribution in [3.05, 3.63) is 62.7 Å². The number of alkyl halides is 3. The first-order valence-electron chi connectivity index (χ1n) is 6.22. The fraction of sp³-hybridized carbons (Fsp3) is 0.0714. The molecule has 134 valence electrons. The first-order valence-corrected chi connectivity index (χ1v) is 7.01. The standard InChI is InChI=1S/C14H8ClF3N2O3S.ClH/c15-10-5-7(14(16,17)18)1-4-12(10)23-8-2-3-11(20(21)22)9(6-8)13(19)24;/h1-6H,(H2,19,24);1H. The largest absolute Gasteiger partial charge is 0.456 e. The summed E-state index contributed by atoms with van der Waals surface area (Å²) in [4.78, 5) is 10.0. The monoisotopic (exact) mass is 412 g/mol. The number of benzene rings is 2. The Kier molecular flexibility index (Phi) is 6.58. The second-order valence-electron chi connectivity index (χ2n) is 4.55. The molecule has 0 aromatic heterocycles. The van der Waals surface area contributed by atoms with E-state index in [0.29, 0.717) is 0 Å². The summed E-state index contributed by atoms with van der Waals surface area (Å²) in [7, 11) is 0. The van der Waals surface area contributed by atoms with Gasteiger partial charge in [0.15, 0.2) is 0 Å². The van der Waals surface area contributed by atoms with Crippen LogP contribution in [0.25, 0.3) is 0 Å². The van der Waals surface area contributed by atoms with Gasteiger partial charge in [-0.15, -0.1) is 12.4 Å². The highest BCUT2D eigenvalue weighted by atomic mass is 35.5. The van der Waals surface area contributed by atoms with E-state index < -0.39 is 16.7 Å². The van der Waals surface area contributed by atoms with Crippen LogP contribution in [0.3, 0.4) is 0 Å². The second kappa shape index (κ2) is 7.85. The van der Waals surface area contributed by atoms with Gasteiger partial charge < -0.3 is 10.5 Å². The number of halogens is 5. The van der Waals surface area contributed by atoms with E-state index in [0.717, 1.165) is 24.3 Å². The molecule has 0 spiro atoms. The number of hydrogen-bond acceptors (Lipinski definition) is 4. The number of nitrogens with zero attached hydrogens (tertiary/aromatic N) is 1. The topological polar surface area (TPSA) is 78.4 Å². The van der Waals surface area contributed by atoms with Crippen molar-refractivity contribution in [1.29, 1.82) is 0 Å². The van der Waals surface area contributed by atoms with Crippen LogP contribution in [-0.2, 0) is 6.18 Å². The molecule has 2 rings (SSSR count). The normalized spacial score (nSPS) is 10.7. The molecule has 2 aromatic carbocycles. The van der Waals surface area contributed by atoms with Crippen molar-refractivity contribution in [3.63, 3.8) is 0 Å². The Labute approximate surface area is 156 Å². The van der Waals surface area contributed by atoms with E-state index >= 15 is 0 Å². The number of hydrogen-bond donors (Lipinski definition) is 1. The van der Waals surface area contributed by atoms with Gasteiger partial charge in [0.2, 0.25) is 0 Å². The average molecular weight is 413 g/mol. The summed E-state index contributed by atoms with van der Waals surface area (Å²) < 4.78 is 43.2. The lowest BCUT2D eigenvalue weighted by Gasteiger charge is -2.12. The fourth-order valence-electron chi connectivity index (χ4n) is 1.82. The Hall–Kier alpha value is -2.10. The lowest BCUT2D eigenvalue weighted by Crippen LogP contribution is -2.12. The number of nitrogens with two attached hydrogens (primary N) is 1. The summed E-state index contributed by atoms with van der Waals surface area (Å²) in [6.07, 6.45) is -4.53. The highest BCUT2D eigenvalue weighted by Gasteiger charge is 2.31. The summed E-state index contributed by atoms with van der Waals surface area (Å²) in [5, 5.41) is 10.6. The Morgan fingerprint density at radius 2 is 1.88 bits per heavy atom. The molecule has 0 saturated heterocycles. The molecule has 5 nitrogen and oxygen atoms in total. The third-order valence-electron chi connectivity index (χ3n) is 2.92. The van der Waals surface area contributed by atoms with Crippen molar-refractivity contribution in [3.8, 4) is 11.5 Å². The molecule has 0 aliphatic rings. The Bertz CT molecular complexity index is 831. The molecule has 0 radical (unpaired) electrons. The molecule has 2 N–H and O–H groups in total. The lowest BCUT2D eigenvalue weighted by molar-refractivity contribution is -0.385. The van der Waals surface area contributed by atoms with Crippen LogP contribution in [0.1, 0.15) is 11.1 Å². The predicted molar refractivity (Wildman–Crippen MR) is 92.8 cm³/mol. The van der Waals surface area contributed by atoms with Crippen molar-refractivity contribution in [2.75, 3.05) is 0 Å². The Morgan fingerprint density at radius 3 is 2.36 bits per heavy atom. The van der Waals surface area contributed by atoms with Crippen LogP contribution >= 0.6 is 36.2 Å². The van der Waals surface area contributed by atoms with Crippen LogP contribution in [0, 0.1) is 10.1 Å². The minimum absolute atomic E-state index is 0. The predicted octanol–water partition coefficient (Wildman–Crippen LogP) is 5.12. The number of nitro benzene ring substituents is 1. The van der Waals surface area contributed by atoms with Crippen molar-refractivity contribution in [1.82, 2.24) is 0 Å². The molecule has 11 heteroatoms. The van der Waals surface area contributed by atoms with Crippen molar-refractivity contribution in [2.24, 2.45) is 5.73 Å². The molecular formula is C14H9Cl2F3N2O3S. The summed E-state index contributed by atoms with van der Waals surface area (Å²) >= 11 is 10.5. The van der Waals surface area contributed by atoms with E-state index in [1.54, 1.807) is 0 Å². The average Bonchev–Trinajstić information content (AvgIpc) is 2.47. The van der Waals surface area contributed by atoms with Gasteiger partial charge >= 0.3 is 6.18 Å². The van der Waals surface area contributed by atoms with E-state index in [4.69, 9.17) is 34.3 Å². The summed E-state index contributed by atoms with van der Waals surface area (Å²) in [6.45, 7) is 0. The molecule has 2 aromatic rings. The molecular weight excluding hydrogens is 404 g/mol. The number of rotatable bonds is 4. The minimum atomic E-state index is -4.53. The Morgan fingerprint density at radius 1 is 1.24 bits per heavy atom. The Balaban J connectivity index is 0.00000312. The van der Waals surface area contributed by atoms with Crippen LogP contribution in [0.5, 0.6) is 11.5 Å². The van der Waals surface area contributed by atoms with E-state index in [1.165, 1.54) is 12.1 Å². The molecule has 0 amide bonds. The van der Waals surface area contributed by atoms with Crippen LogP contribution in [0.2, 0.25) is 5.02 Å². The fourth-order valence-corrected chi connectivity index (χ4v) is 2.20. The van der Waals surface area contributed by atoms with Crippen LogP contribution in [0.4, 0.5) is 18.9 Å². The molecule has 0 fully saturated rings. The smallest absolute Gasteiger partial charge is 0.416 e. The molecule has 0 saturated carbocycles. The first-order chi connectivity index (χ1) is 11.1. The van der Waals surface area contributed by atoms with Gasteiger partial charge in [-0.1, -0.05) is 23.8 Å². The van der Waals surface area contributed by atoms with Crippen molar-refractivity contribution < 1.29 is 22.8 Å². The number of ether oxygens (including phenoxy) is 1. The van der Waals surface area contributed by atoms with Gasteiger partial charge in [0.1, 0.15) is 16.5 Å². The molecule has 0 unspecified atom stereocenters. The van der Waals surface area contributed by atoms with Crippen molar-refractivity contribution in [2.45, 2.75) is 6.18 Å². The zero-order valence-electron chi connectivity index (χ0n) is 12.0. The van der Waals surface area contributed by atoms with E-state index in [2.05, 4.69) is 0 Å². The molecule has 0 aliphatic carbocycles. The van der Waals surface area contributed by atoms with Crippen molar-refractivity contribution >= 4 is 46.9 Å². The summed E-state index contributed by atoms with van der Waals surface area (Å²) in [5.74, 6) is 0.0393. The number of thiocarbonyl (C=S) groups is 1. The van der Waals surface area contributed by atoms with E-state index in [9.17, 15) is 23.3 Å². The zero-order chi connectivity index (χ0) is 18.1. The summed E-state index contributed by atoms with van der Waals surface area (Å²) in [6, 6.07) is 6.18. The van der Waals surface area contributed by atoms with Gasteiger partial charge in [0.25, 0.3) is 5.69 Å². The maximum Gasteiger partial charge on any atom is 0.416 e. The summed E-state index contributed by atoms with van der Waals surface area (Å²) in [5.41, 5.74) is 4.17. The minimum Gasteiger partial charge on any atom is -0.456 e. The van der Waals surface area contributed by atoms with Gasteiger partial charge in [-0.05, 0) is 30.3 Å². The molecule has 0 heterocycles. The lowest BCUT2D eigenvalue weighted by atomic mass is 10.1. The maximum atomic E-state index is 12.6.